The van der Waals surface area contributed by atoms with Crippen molar-refractivity contribution in [2.45, 2.75) is 75.7 Å². The lowest BCUT2D eigenvalue weighted by molar-refractivity contribution is -0.133. The Balaban J connectivity index is 1.01. The summed E-state index contributed by atoms with van der Waals surface area (Å²) < 4.78 is 38.4. The first kappa shape index (κ1) is 36.7. The summed E-state index contributed by atoms with van der Waals surface area (Å²) in [5.41, 5.74) is 1.88. The lowest BCUT2D eigenvalue weighted by Crippen LogP contribution is -2.51. The number of terminal acetylenes is 1. The fourth-order valence-electron chi connectivity index (χ4n) is 8.84. The number of nitrogens with zero attached hydrogens (tertiary/aromatic N) is 5. The normalized spacial score (nSPS) is 22.4. The predicted octanol–water partition coefficient (Wildman–Crippen LogP) is 5.40. The molecule has 4 aliphatic rings. The molecule has 292 valence electrons. The number of nitrogens with one attached hydrogen (secondary N) is 3. The standard InChI is InChI=1S/C43H42F2N8O4/c1-2-31-34(44)13-8-25-17-30(54)18-32(37(25)31)39-38(45)40-33(19-46-39)41(53-21-27-11-12-28(22-53)47-27)51-43(50-40)57-23-29-5-3-4-16-52(29)20-24-6-9-26(10-7-24)48-35-14-15-36(55)49-42(35)56/h1,6-10,13,17-19,27-29,35,47-48,54H,3-5,11-12,14-16,20-23H2,(H,49,55,56)/t27-,28+,29-,35?/m0/s1. The second-order valence-corrected chi connectivity index (χ2v) is 15.5. The maximum absolute atomic E-state index is 17.0. The molecule has 0 saturated carbocycles. The molecule has 4 fully saturated rings. The van der Waals surface area contributed by atoms with Crippen LogP contribution in [0.3, 0.4) is 0 Å². The second-order valence-electron chi connectivity index (χ2n) is 15.5. The van der Waals surface area contributed by atoms with Crippen molar-refractivity contribution >= 4 is 45.0 Å². The number of carbonyl (C=O) groups is 2. The van der Waals surface area contributed by atoms with E-state index in [-0.39, 0.29) is 76.0 Å². The molecular weight excluding hydrogens is 731 g/mol. The van der Waals surface area contributed by atoms with Gasteiger partial charge < -0.3 is 25.4 Å². The topological polar surface area (TPSA) is 145 Å². The molecule has 4 aliphatic heterocycles. The van der Waals surface area contributed by atoms with Crippen molar-refractivity contribution in [1.82, 2.24) is 30.5 Å². The number of likely N-dealkylation sites (tertiary alicyclic amines) is 1. The second kappa shape index (κ2) is 15.2. The van der Waals surface area contributed by atoms with Crippen LogP contribution in [0.15, 0.2) is 54.7 Å². The van der Waals surface area contributed by atoms with E-state index in [4.69, 9.17) is 16.1 Å². The summed E-state index contributed by atoms with van der Waals surface area (Å²) in [5.74, 6) is 0.833. The zero-order chi connectivity index (χ0) is 39.2. The Bertz CT molecular complexity index is 2430. The molecular formula is C43H42F2N8O4. The number of pyridine rings is 1. The van der Waals surface area contributed by atoms with Crippen LogP contribution in [0.4, 0.5) is 20.3 Å². The number of amides is 2. The monoisotopic (exact) mass is 772 g/mol. The van der Waals surface area contributed by atoms with Crippen LogP contribution in [0, 0.1) is 24.0 Å². The van der Waals surface area contributed by atoms with E-state index in [1.165, 1.54) is 30.5 Å². The number of fused-ring (bicyclic) bond motifs is 4. The zero-order valence-electron chi connectivity index (χ0n) is 31.2. The number of aromatic nitrogens is 3. The van der Waals surface area contributed by atoms with E-state index in [9.17, 15) is 19.1 Å². The third-order valence-corrected chi connectivity index (χ3v) is 11.7. The first-order valence-electron chi connectivity index (χ1n) is 19.6. The first-order chi connectivity index (χ1) is 27.7. The van der Waals surface area contributed by atoms with Crippen LogP contribution in [0.25, 0.3) is 32.9 Å². The molecule has 9 rings (SSSR count). The van der Waals surface area contributed by atoms with Gasteiger partial charge in [-0.25, -0.2) is 8.78 Å². The van der Waals surface area contributed by atoms with Crippen molar-refractivity contribution in [1.29, 1.82) is 0 Å². The Morgan fingerprint density at radius 3 is 2.58 bits per heavy atom. The van der Waals surface area contributed by atoms with Gasteiger partial charge in [0.1, 0.15) is 41.2 Å². The number of imide groups is 1. The number of piperidine rings is 2. The highest BCUT2D eigenvalue weighted by Gasteiger charge is 2.35. The van der Waals surface area contributed by atoms with Crippen molar-refractivity contribution in [3.05, 3.63) is 77.5 Å². The number of phenols is 1. The highest BCUT2D eigenvalue weighted by atomic mass is 19.1. The van der Waals surface area contributed by atoms with Gasteiger partial charge in [0.2, 0.25) is 11.8 Å². The number of ether oxygens (including phenoxy) is 1. The van der Waals surface area contributed by atoms with E-state index in [0.717, 1.165) is 49.9 Å². The molecule has 2 aromatic heterocycles. The number of rotatable bonds is 9. The molecule has 1 unspecified atom stereocenters. The van der Waals surface area contributed by atoms with E-state index in [1.807, 2.05) is 24.3 Å². The molecule has 57 heavy (non-hydrogen) atoms. The molecule has 0 radical (unpaired) electrons. The summed E-state index contributed by atoms with van der Waals surface area (Å²) in [7, 11) is 0. The smallest absolute Gasteiger partial charge is 0.319 e. The van der Waals surface area contributed by atoms with E-state index in [0.29, 0.717) is 49.1 Å². The molecule has 0 aliphatic carbocycles. The van der Waals surface area contributed by atoms with Gasteiger partial charge in [-0.05, 0) is 79.9 Å². The number of benzene rings is 3. The fraction of sp³-hybridized carbons (Fsp3) is 0.372. The summed E-state index contributed by atoms with van der Waals surface area (Å²) >= 11 is 0. The highest BCUT2D eigenvalue weighted by molar-refractivity contribution is 6.03. The summed E-state index contributed by atoms with van der Waals surface area (Å²) in [5, 5.41) is 21.0. The van der Waals surface area contributed by atoms with Gasteiger partial charge in [0, 0.05) is 67.0 Å². The average Bonchev–Trinajstić information content (AvgIpc) is 3.55. The molecule has 5 aromatic rings. The Morgan fingerprint density at radius 2 is 1.81 bits per heavy atom. The van der Waals surface area contributed by atoms with Crippen LogP contribution in [0.5, 0.6) is 11.8 Å². The van der Waals surface area contributed by atoms with Gasteiger partial charge in [-0.3, -0.25) is 24.8 Å². The Kier molecular flexibility index (Phi) is 9.80. The third kappa shape index (κ3) is 7.29. The molecule has 2 amide bonds. The van der Waals surface area contributed by atoms with E-state index >= 15 is 4.39 Å². The number of halogens is 2. The summed E-state index contributed by atoms with van der Waals surface area (Å²) in [6.45, 7) is 3.22. The zero-order valence-corrected chi connectivity index (χ0v) is 31.2. The minimum absolute atomic E-state index is 0.00698. The van der Waals surface area contributed by atoms with Crippen LogP contribution >= 0.6 is 0 Å². The molecule has 3 aromatic carbocycles. The van der Waals surface area contributed by atoms with Crippen molar-refractivity contribution in [3.63, 3.8) is 0 Å². The fourth-order valence-corrected chi connectivity index (χ4v) is 8.84. The molecule has 0 spiro atoms. The van der Waals surface area contributed by atoms with Crippen molar-refractivity contribution in [2.75, 3.05) is 36.5 Å². The maximum Gasteiger partial charge on any atom is 0.319 e. The van der Waals surface area contributed by atoms with Gasteiger partial charge in [0.15, 0.2) is 5.82 Å². The first-order valence-corrected chi connectivity index (χ1v) is 19.6. The predicted molar refractivity (Wildman–Crippen MR) is 212 cm³/mol. The Hall–Kier alpha value is -5.91. The van der Waals surface area contributed by atoms with Gasteiger partial charge in [-0.1, -0.05) is 30.5 Å². The van der Waals surface area contributed by atoms with E-state index in [1.54, 1.807) is 0 Å². The average molecular weight is 773 g/mol. The van der Waals surface area contributed by atoms with Crippen LogP contribution in [0.2, 0.25) is 0 Å². The number of aromatic hydroxyl groups is 1. The van der Waals surface area contributed by atoms with Gasteiger partial charge in [0.25, 0.3) is 0 Å². The summed E-state index contributed by atoms with van der Waals surface area (Å²) in [4.78, 5) is 42.4. The van der Waals surface area contributed by atoms with Crippen LogP contribution in [-0.2, 0) is 16.1 Å². The number of hydrogen-bond donors (Lipinski definition) is 4. The Labute approximate surface area is 328 Å². The Morgan fingerprint density at radius 1 is 1.00 bits per heavy atom. The number of hydrogen-bond acceptors (Lipinski definition) is 11. The minimum atomic E-state index is -0.756. The summed E-state index contributed by atoms with van der Waals surface area (Å²) in [6, 6.07) is 13.7. The molecule has 4 saturated heterocycles. The molecule has 6 heterocycles. The van der Waals surface area contributed by atoms with Crippen molar-refractivity contribution in [3.8, 4) is 35.4 Å². The van der Waals surface area contributed by atoms with Crippen LogP contribution in [0.1, 0.15) is 56.1 Å². The number of piperazine rings is 1. The SMILES string of the molecule is C#Cc1c(F)ccc2cc(O)cc(-c3ncc4c(N5C[C@H]6CC[C@@H](C5)N6)nc(OC[C@@H]5CCCCN5Cc5ccc(NC6CCC(=O)NC6=O)cc5)nc4c3F)c12. The van der Waals surface area contributed by atoms with Gasteiger partial charge in [-0.2, -0.15) is 9.97 Å². The molecule has 14 heteroatoms. The maximum atomic E-state index is 17.0. The van der Waals surface area contributed by atoms with E-state index in [2.05, 4.69) is 41.6 Å². The lowest BCUT2D eigenvalue weighted by Gasteiger charge is -2.36. The van der Waals surface area contributed by atoms with Crippen LogP contribution in [-0.4, -0.2) is 87.2 Å². The third-order valence-electron chi connectivity index (χ3n) is 11.7. The largest absolute Gasteiger partial charge is 0.508 e. The molecule has 2 bridgehead atoms. The van der Waals surface area contributed by atoms with Crippen LogP contribution < -0.4 is 25.6 Å². The van der Waals surface area contributed by atoms with Crippen molar-refractivity contribution < 1.29 is 28.2 Å². The lowest BCUT2D eigenvalue weighted by atomic mass is 9.96. The highest BCUT2D eigenvalue weighted by Crippen LogP contribution is 2.39. The van der Waals surface area contributed by atoms with Gasteiger partial charge in [-0.15, -0.1) is 6.42 Å². The summed E-state index contributed by atoms with van der Waals surface area (Å²) in [6.07, 6.45) is 13.1. The van der Waals surface area contributed by atoms with Crippen molar-refractivity contribution in [2.24, 2.45) is 0 Å². The molecule has 4 atom stereocenters. The number of phenolic OH excluding ortho intramolecular Hbond substituents is 1. The number of carbonyl (C=O) groups excluding carboxylic acids is 2. The van der Waals surface area contributed by atoms with Gasteiger partial charge in [0.05, 0.1) is 10.9 Å². The van der Waals surface area contributed by atoms with E-state index < -0.39 is 17.7 Å². The minimum Gasteiger partial charge on any atom is -0.508 e. The molecule has 12 nitrogen and oxygen atoms in total. The quantitative estimate of drug-likeness (QED) is 0.113. The number of anilines is 2. The van der Waals surface area contributed by atoms with Gasteiger partial charge >= 0.3 is 6.01 Å². The molecule has 4 N–H and O–H groups in total.